The van der Waals surface area contributed by atoms with Gasteiger partial charge in [0.2, 0.25) is 0 Å². The van der Waals surface area contributed by atoms with E-state index in [4.69, 9.17) is 56.0 Å². The Balaban J connectivity index is 0.000000158. The first-order valence-corrected chi connectivity index (χ1v) is 40.8. The van der Waals surface area contributed by atoms with Gasteiger partial charge in [-0.25, -0.2) is 47.3 Å². The van der Waals surface area contributed by atoms with Crippen molar-refractivity contribution in [1.29, 1.82) is 0 Å². The van der Waals surface area contributed by atoms with Crippen molar-refractivity contribution in [3.63, 3.8) is 0 Å². The molecule has 5 saturated heterocycles. The molecule has 122 heavy (non-hydrogen) atoms. The number of hydrogen-bond donors (Lipinski definition) is 5. The fraction of sp³-hybridized carbons (Fsp3) is 0.376. The van der Waals surface area contributed by atoms with Gasteiger partial charge in [-0.15, -0.1) is 10.2 Å². The number of aromatic nitrogens is 10. The largest absolute Gasteiger partial charge is 0.475 e. The maximum absolute atomic E-state index is 14.6. The van der Waals surface area contributed by atoms with Gasteiger partial charge in [0.1, 0.15) is 31.8 Å². The van der Waals surface area contributed by atoms with Crippen molar-refractivity contribution in [2.24, 2.45) is 0 Å². The van der Waals surface area contributed by atoms with Gasteiger partial charge >= 0.3 is 24.2 Å². The number of carboxylic acid groups (broad SMARTS) is 1. The van der Waals surface area contributed by atoms with E-state index in [1.54, 1.807) is 25.8 Å². The lowest BCUT2D eigenvalue weighted by Gasteiger charge is -2.36. The van der Waals surface area contributed by atoms with Gasteiger partial charge in [0.05, 0.1) is 70.1 Å². The first kappa shape index (κ1) is 91.8. The van der Waals surface area contributed by atoms with E-state index < -0.39 is 46.3 Å². The second-order valence-corrected chi connectivity index (χ2v) is 32.4. The zero-order valence-electron chi connectivity index (χ0n) is 69.4. The molecule has 5 aliphatic rings. The van der Waals surface area contributed by atoms with Gasteiger partial charge in [-0.1, -0.05) is 156 Å². The number of rotatable bonds is 10. The van der Waals surface area contributed by atoms with Gasteiger partial charge in [0.15, 0.2) is 23.3 Å². The van der Waals surface area contributed by atoms with Crippen LogP contribution in [0.5, 0.6) is 0 Å². The molecule has 32 nitrogen and oxygen atoms in total. The van der Waals surface area contributed by atoms with E-state index in [-0.39, 0.29) is 74.4 Å². The number of carbonyl (C=O) groups excluding carboxylic acids is 7. The van der Waals surface area contributed by atoms with E-state index in [2.05, 4.69) is 73.1 Å². The maximum atomic E-state index is 14.6. The lowest BCUT2D eigenvalue weighted by Crippen LogP contribution is -2.52. The summed E-state index contributed by atoms with van der Waals surface area (Å²) in [7, 11) is 0. The summed E-state index contributed by atoms with van der Waals surface area (Å²) in [5.41, 5.74) is 2.62. The van der Waals surface area contributed by atoms with Crippen LogP contribution in [0.15, 0.2) is 171 Å². The predicted octanol–water partition coefficient (Wildman–Crippen LogP) is 9.92. The first-order valence-electron chi connectivity index (χ1n) is 39.6. The SMILES string of the molecule is CC(C)(C)OC(=O)N1CCN(C(=O)c2ccccc2)CC1.CC(C)(C)OC(=O)N1CCN(C(=S)c2ccccc2)CC1.CC(C)(C)OC(=O)N1CCNCC1.O=C(C(=O)N1CCN(C(=S)c2ccccc2)CC1)c1c[nH]c2c(-n3ccnn3)ncc(F)c12.O=C(O)C(=O)c1c[nH]c2c(-n3ccnn3)ncc(F)c12.S=C(c1ccccc1)N1CCNCC1. The molecule has 5 aliphatic heterocycles. The predicted molar refractivity (Wildman–Crippen MR) is 465 cm³/mol. The Morgan fingerprint density at radius 3 is 1.02 bits per heavy atom. The molecule has 4 aromatic carbocycles. The number of ether oxygens (including phenoxy) is 3. The Morgan fingerprint density at radius 1 is 0.393 bits per heavy atom. The number of hydrogen-bond acceptors (Lipinski definition) is 22. The number of carboxylic acids is 1. The van der Waals surface area contributed by atoms with Crippen molar-refractivity contribution in [3.05, 3.63) is 216 Å². The number of thiocarbonyl (C=S) groups is 3. The fourth-order valence-electron chi connectivity index (χ4n) is 13.0. The van der Waals surface area contributed by atoms with Crippen molar-refractivity contribution < 1.29 is 66.5 Å². The van der Waals surface area contributed by atoms with Crippen LogP contribution in [0.2, 0.25) is 0 Å². The van der Waals surface area contributed by atoms with E-state index in [1.807, 2.05) is 176 Å². The summed E-state index contributed by atoms with van der Waals surface area (Å²) >= 11 is 16.5. The number of aromatic amines is 2. The molecule has 11 heterocycles. The van der Waals surface area contributed by atoms with E-state index in [0.717, 1.165) is 111 Å². The van der Waals surface area contributed by atoms with Crippen LogP contribution in [0.1, 0.15) is 110 Å². The summed E-state index contributed by atoms with van der Waals surface area (Å²) in [4.78, 5) is 127. The molecule has 0 saturated carbocycles. The van der Waals surface area contributed by atoms with Crippen LogP contribution in [0, 0.1) is 11.6 Å². The highest BCUT2D eigenvalue weighted by molar-refractivity contribution is 7.81. The number of nitrogens with one attached hydrogen (secondary N) is 4. The number of piperazine rings is 5. The van der Waals surface area contributed by atoms with Crippen LogP contribution < -0.4 is 10.6 Å². The summed E-state index contributed by atoms with van der Waals surface area (Å²) in [6.45, 7) is 30.7. The van der Waals surface area contributed by atoms with Crippen molar-refractivity contribution >= 4 is 121 Å². The zero-order valence-corrected chi connectivity index (χ0v) is 71.8. The lowest BCUT2D eigenvalue weighted by atomic mass is 10.1. The molecule has 0 radical (unpaired) electrons. The summed E-state index contributed by atoms with van der Waals surface area (Å²) < 4.78 is 47.1. The molecular formula is C85H100F2N20O12S3. The van der Waals surface area contributed by atoms with Gasteiger partial charge in [-0.05, 0) is 74.4 Å². The zero-order chi connectivity index (χ0) is 87.8. The Hall–Kier alpha value is -12.5. The molecule has 0 atom stereocenters. The minimum Gasteiger partial charge on any atom is -0.475 e. The average Bonchev–Trinajstić information content (AvgIpc) is 1.62. The minimum atomic E-state index is -1.66. The lowest BCUT2D eigenvalue weighted by molar-refractivity contribution is -0.131. The van der Waals surface area contributed by atoms with Crippen LogP contribution in [-0.4, -0.2) is 305 Å². The highest BCUT2D eigenvalue weighted by atomic mass is 32.1. The third kappa shape index (κ3) is 25.6. The standard InChI is InChI=1S/C22H18FN7O2S.C16H22N2O3.C16H22N2O2S.C11H6FN5O3.C11H14N2S.C9H18N2O2/c23-16-13-25-20(30-7-6-26-27-30)18-17(16)15(12-24-18)19(31)21(32)28-8-10-29(11-9-28)22(33)14-4-2-1-3-5-14;1-16(2,3)21-15(20)18-11-9-17(10-12-18)14(19)13-7-5-4-6-8-13;1-16(2,3)20-15(19)18-11-9-17(10-12-18)14(21)13-7-5-4-6-8-13;12-6-4-14-10(17-2-1-15-16-17)8-7(6)5(3-13-8)9(18)11(19)20;14-11(10-4-2-1-3-5-10)13-8-6-12-7-9-13;1-9(2,3)13-8(12)11-6-4-10-5-7-11/h1-7,12-13,24H,8-11H2;2*4-8H,9-12H2,1-3H3;1-4,13H,(H,19,20);1-5,12H,6-9H2;10H,4-7H2,1-3H3. The Morgan fingerprint density at radius 2 is 0.689 bits per heavy atom. The van der Waals surface area contributed by atoms with Gasteiger partial charge < -0.3 is 79.1 Å². The second kappa shape index (κ2) is 42.7. The van der Waals surface area contributed by atoms with Gasteiger partial charge in [0, 0.05) is 166 Å². The van der Waals surface area contributed by atoms with Crippen LogP contribution in [0.3, 0.4) is 0 Å². The number of ketones is 2. The van der Waals surface area contributed by atoms with Crippen molar-refractivity contribution in [1.82, 2.24) is 99.8 Å². The monoisotopic (exact) mass is 1730 g/mol. The van der Waals surface area contributed by atoms with Crippen molar-refractivity contribution in [2.75, 3.05) is 131 Å². The summed E-state index contributed by atoms with van der Waals surface area (Å²) in [6.07, 6.45) is 9.50. The van der Waals surface area contributed by atoms with Gasteiger partial charge in [0.25, 0.3) is 23.4 Å². The number of Topliss-reactive ketones (excluding diaryl/α,β-unsaturated/α-hetero) is 2. The molecule has 0 bridgehead atoms. The molecule has 0 spiro atoms. The third-order valence-corrected chi connectivity index (χ3v) is 20.5. The maximum Gasteiger partial charge on any atom is 0.410 e. The topological polar surface area (TPSA) is 353 Å². The number of fused-ring (bicyclic) bond motifs is 2. The highest BCUT2D eigenvalue weighted by Gasteiger charge is 2.34. The van der Waals surface area contributed by atoms with Crippen LogP contribution >= 0.6 is 36.7 Å². The van der Waals surface area contributed by atoms with Crippen molar-refractivity contribution in [2.45, 2.75) is 79.1 Å². The fourth-order valence-corrected chi connectivity index (χ4v) is 13.9. The minimum absolute atomic E-state index is 0.00209. The molecule has 644 valence electrons. The smallest absolute Gasteiger partial charge is 0.410 e. The van der Waals surface area contributed by atoms with Crippen LogP contribution in [0.4, 0.5) is 23.2 Å². The number of H-pyrrole nitrogens is 2. The molecule has 5 N–H and O–H groups in total. The summed E-state index contributed by atoms with van der Waals surface area (Å²) in [5, 5.41) is 30.0. The molecule has 5 amide bonds. The number of carbonyl (C=O) groups is 8. The van der Waals surface area contributed by atoms with E-state index in [9.17, 15) is 47.1 Å². The third-order valence-electron chi connectivity index (χ3n) is 19.0. The number of nitrogens with zero attached hydrogens (tertiary/aromatic N) is 16. The highest BCUT2D eigenvalue weighted by Crippen LogP contribution is 2.29. The van der Waals surface area contributed by atoms with Gasteiger partial charge in [-0.3, -0.25) is 19.2 Å². The normalized spacial score (nSPS) is 14.9. The van der Waals surface area contributed by atoms with Crippen LogP contribution in [-0.2, 0) is 23.8 Å². The molecule has 10 aromatic rings. The molecule has 5 fully saturated rings. The first-order chi connectivity index (χ1) is 58.2. The number of pyridine rings is 2. The second-order valence-electron chi connectivity index (χ2n) is 31.3. The molecule has 15 rings (SSSR count). The van der Waals surface area contributed by atoms with Crippen LogP contribution in [0.25, 0.3) is 33.4 Å². The molecule has 0 unspecified atom stereocenters. The molecule has 0 aliphatic carbocycles. The van der Waals surface area contributed by atoms with E-state index in [1.165, 1.54) is 39.1 Å². The molecule has 6 aromatic heterocycles. The summed E-state index contributed by atoms with van der Waals surface area (Å²) in [6, 6.07) is 39.1. The number of amides is 5. The Labute approximate surface area is 720 Å². The summed E-state index contributed by atoms with van der Waals surface area (Å²) in [5.74, 6) is -5.33. The number of benzene rings is 4. The van der Waals surface area contributed by atoms with E-state index >= 15 is 0 Å². The van der Waals surface area contributed by atoms with Crippen molar-refractivity contribution in [3.8, 4) is 11.6 Å². The number of halogens is 2. The van der Waals surface area contributed by atoms with E-state index in [0.29, 0.717) is 76.0 Å². The average molecular weight is 1730 g/mol. The van der Waals surface area contributed by atoms with Gasteiger partial charge in [-0.2, -0.15) is 0 Å². The number of aliphatic carboxylic acids is 1. The molecular weight excluding hydrogens is 1630 g/mol. The molecule has 37 heteroatoms. The quantitative estimate of drug-likeness (QED) is 0.0368. The Bertz CT molecular complexity index is 5140. The Kier molecular flexibility index (Phi) is 32.1.